The number of aromatic amines is 1. The summed E-state index contributed by atoms with van der Waals surface area (Å²) < 4.78 is 19.6. The number of anilines is 1. The first-order valence-electron chi connectivity index (χ1n) is 21.3. The van der Waals surface area contributed by atoms with Crippen molar-refractivity contribution in [3.05, 3.63) is 81.9 Å². The van der Waals surface area contributed by atoms with E-state index in [2.05, 4.69) is 20.1 Å². The Morgan fingerprint density at radius 3 is 2.51 bits per heavy atom. The molecule has 0 saturated carbocycles. The van der Waals surface area contributed by atoms with E-state index in [0.717, 1.165) is 79.7 Å². The number of hydrogen-bond acceptors (Lipinski definition) is 10. The van der Waals surface area contributed by atoms with E-state index >= 15 is 4.39 Å². The molecule has 4 aliphatic heterocycles. The molecule has 1 atom stereocenters. The third kappa shape index (κ3) is 8.28. The molecule has 8 rings (SSSR count). The van der Waals surface area contributed by atoms with E-state index in [1.807, 2.05) is 30.3 Å². The smallest absolute Gasteiger partial charge is 0.329 e. The second-order valence-electron chi connectivity index (χ2n) is 17.2. The molecule has 4 aromatic rings. The highest BCUT2D eigenvalue weighted by Gasteiger charge is 2.34. The summed E-state index contributed by atoms with van der Waals surface area (Å²) in [6.07, 6.45) is 9.00. The van der Waals surface area contributed by atoms with Gasteiger partial charge in [0.1, 0.15) is 11.7 Å². The number of nitrogens with zero attached hydrogens (tertiary/aromatic N) is 7. The van der Waals surface area contributed by atoms with Crippen LogP contribution in [0.15, 0.2) is 53.6 Å². The van der Waals surface area contributed by atoms with Crippen LogP contribution < -0.4 is 27.5 Å². The van der Waals surface area contributed by atoms with E-state index in [1.54, 1.807) is 36.7 Å². The lowest BCUT2D eigenvalue weighted by molar-refractivity contribution is -0.136. The fourth-order valence-corrected chi connectivity index (χ4v) is 9.51. The van der Waals surface area contributed by atoms with Crippen molar-refractivity contribution < 1.29 is 23.6 Å². The summed E-state index contributed by atoms with van der Waals surface area (Å²) >= 11 is 0. The number of amides is 4. The van der Waals surface area contributed by atoms with Gasteiger partial charge in [0, 0.05) is 95.7 Å². The van der Waals surface area contributed by atoms with E-state index in [-0.39, 0.29) is 48.7 Å². The minimum Gasteiger partial charge on any atom is -0.403 e. The lowest BCUT2D eigenvalue weighted by Crippen LogP contribution is -2.48. The zero-order valence-corrected chi connectivity index (χ0v) is 35.2. The number of likely N-dealkylation sites (tertiary alicyclic amines) is 1. The van der Waals surface area contributed by atoms with Crippen molar-refractivity contribution in [3.63, 3.8) is 0 Å². The quantitative estimate of drug-likeness (QED) is 0.0938. The van der Waals surface area contributed by atoms with Crippen molar-refractivity contribution in [2.24, 2.45) is 24.5 Å². The van der Waals surface area contributed by atoms with Gasteiger partial charge in [-0.3, -0.25) is 33.6 Å². The van der Waals surface area contributed by atoms with Crippen LogP contribution in [0.4, 0.5) is 10.1 Å². The summed E-state index contributed by atoms with van der Waals surface area (Å²) in [4.78, 5) is 75.0. The van der Waals surface area contributed by atoms with Crippen LogP contribution in [-0.4, -0.2) is 124 Å². The number of imidazole rings is 1. The molecule has 4 amide bonds. The maximum atomic E-state index is 16.6. The number of rotatable bonds is 12. The van der Waals surface area contributed by atoms with Gasteiger partial charge in [-0.25, -0.2) is 15.0 Å². The summed E-state index contributed by atoms with van der Waals surface area (Å²) in [6.45, 7) is 5.74. The Morgan fingerprint density at radius 1 is 1.02 bits per heavy atom. The van der Waals surface area contributed by atoms with Crippen LogP contribution in [0.2, 0.25) is 0 Å². The number of carbonyl (C=O) groups is 4. The van der Waals surface area contributed by atoms with Crippen LogP contribution in [0.1, 0.15) is 78.5 Å². The zero-order chi connectivity index (χ0) is 43.1. The van der Waals surface area contributed by atoms with Gasteiger partial charge in [-0.05, 0) is 105 Å². The second-order valence-corrected chi connectivity index (χ2v) is 17.2. The monoisotopic (exact) mass is 837 g/mol. The molecule has 61 heavy (non-hydrogen) atoms. The van der Waals surface area contributed by atoms with Gasteiger partial charge >= 0.3 is 5.69 Å². The van der Waals surface area contributed by atoms with E-state index in [4.69, 9.17) is 11.6 Å². The second kappa shape index (κ2) is 17.2. The van der Waals surface area contributed by atoms with Gasteiger partial charge in [-0.15, -0.1) is 0 Å². The third-order valence-corrected chi connectivity index (χ3v) is 13.0. The van der Waals surface area contributed by atoms with Crippen LogP contribution in [-0.2, 0) is 21.4 Å². The topological polar surface area (TPSA) is 191 Å². The lowest BCUT2D eigenvalue weighted by Gasteiger charge is -2.42. The minimum absolute atomic E-state index is 0.0669. The van der Waals surface area contributed by atoms with Crippen molar-refractivity contribution in [2.75, 3.05) is 71.4 Å². The van der Waals surface area contributed by atoms with E-state index in [1.165, 1.54) is 26.9 Å². The number of H-pyrrole nitrogens is 1. The van der Waals surface area contributed by atoms with Gasteiger partial charge < -0.3 is 35.3 Å². The highest BCUT2D eigenvalue weighted by molar-refractivity contribution is 6.01. The normalized spacial score (nSPS) is 19.5. The Kier molecular flexibility index (Phi) is 11.8. The summed E-state index contributed by atoms with van der Waals surface area (Å²) in [6, 6.07) is 8.97. The molecular formula is C44H56FN11O5. The number of imide groups is 1. The lowest BCUT2D eigenvalue weighted by atomic mass is 9.84. The van der Waals surface area contributed by atoms with Crippen molar-refractivity contribution in [2.45, 2.75) is 56.9 Å². The summed E-state index contributed by atoms with van der Waals surface area (Å²) in [5, 5.41) is 4.46. The first kappa shape index (κ1) is 41.8. The predicted molar refractivity (Wildman–Crippen MR) is 232 cm³/mol. The number of hydrogen-bond donors (Lipinski definition) is 4. The number of nitrogens with two attached hydrogens (primary N) is 2. The van der Waals surface area contributed by atoms with Crippen LogP contribution >= 0.6 is 0 Å². The Balaban J connectivity index is 0.908. The molecule has 0 spiro atoms. The standard InChI is InChI=1S/C44H56FN11O5/c1-50(2)43(60)34-23-33-31(22-32(40(45)41(33)48-34)29-5-4-15-53(26-29)39(58)13-19-55(47)20-14-46)28-11-17-52(18-12-28)16-10-27-24-54(25-27)30-6-7-35-37(21-30)51(3)44(61)56(35)36-8-9-38(57)49-42(36)59/h5-7,14,20-23,27-28,36,48H,4,8-13,15-19,24-26,46-47H2,1-3H3,(H,49,57,59)/b20-14-. The summed E-state index contributed by atoms with van der Waals surface area (Å²) in [7, 11) is 5.07. The van der Waals surface area contributed by atoms with Gasteiger partial charge in [0.15, 0.2) is 5.82 Å². The van der Waals surface area contributed by atoms with E-state index < -0.39 is 17.8 Å². The molecule has 324 valence electrons. The first-order valence-corrected chi connectivity index (χ1v) is 21.3. The first-order chi connectivity index (χ1) is 29.3. The van der Waals surface area contributed by atoms with Gasteiger partial charge in [-0.1, -0.05) is 6.08 Å². The molecule has 2 aromatic heterocycles. The molecular weight excluding hydrogens is 782 g/mol. The van der Waals surface area contributed by atoms with Crippen LogP contribution in [0.5, 0.6) is 0 Å². The number of benzene rings is 2. The summed E-state index contributed by atoms with van der Waals surface area (Å²) in [5.74, 6) is 5.11. The molecule has 6 heterocycles. The van der Waals surface area contributed by atoms with E-state index in [9.17, 15) is 24.0 Å². The average Bonchev–Trinajstić information content (AvgIpc) is 3.79. The average molecular weight is 838 g/mol. The number of nitrogens with one attached hydrogen (secondary N) is 2. The highest BCUT2D eigenvalue weighted by atomic mass is 19.1. The number of fused-ring (bicyclic) bond motifs is 2. The van der Waals surface area contributed by atoms with Gasteiger partial charge in [0.2, 0.25) is 17.7 Å². The number of carbonyl (C=O) groups excluding carboxylic acids is 4. The molecule has 0 radical (unpaired) electrons. The Morgan fingerprint density at radius 2 is 1.79 bits per heavy atom. The van der Waals surface area contributed by atoms with Crippen LogP contribution in [0.25, 0.3) is 27.5 Å². The van der Waals surface area contributed by atoms with Crippen LogP contribution in [0, 0.1) is 11.7 Å². The molecule has 3 saturated heterocycles. The van der Waals surface area contributed by atoms with Crippen LogP contribution in [0.3, 0.4) is 0 Å². The van der Waals surface area contributed by atoms with Crippen molar-refractivity contribution in [1.29, 1.82) is 0 Å². The Hall–Kier alpha value is -5.94. The molecule has 17 heteroatoms. The number of hydrazine groups is 1. The highest BCUT2D eigenvalue weighted by Crippen LogP contribution is 2.39. The Labute approximate surface area is 353 Å². The number of piperidine rings is 2. The zero-order valence-electron chi connectivity index (χ0n) is 35.2. The maximum absolute atomic E-state index is 16.6. The minimum atomic E-state index is -0.712. The van der Waals surface area contributed by atoms with Gasteiger partial charge in [0.25, 0.3) is 5.91 Å². The molecule has 1 unspecified atom stereocenters. The molecule has 4 aliphatic rings. The molecule has 2 aromatic carbocycles. The molecule has 6 N–H and O–H groups in total. The predicted octanol–water partition coefficient (Wildman–Crippen LogP) is 2.96. The molecule has 3 fully saturated rings. The third-order valence-electron chi connectivity index (χ3n) is 13.0. The number of aromatic nitrogens is 3. The number of aryl methyl sites for hydroxylation is 1. The van der Waals surface area contributed by atoms with Crippen molar-refractivity contribution in [1.82, 2.24) is 39.1 Å². The van der Waals surface area contributed by atoms with Crippen molar-refractivity contribution in [3.8, 4) is 0 Å². The van der Waals surface area contributed by atoms with Gasteiger partial charge in [0.05, 0.1) is 16.6 Å². The molecule has 0 aliphatic carbocycles. The van der Waals surface area contributed by atoms with Gasteiger partial charge in [-0.2, -0.15) is 0 Å². The maximum Gasteiger partial charge on any atom is 0.329 e. The largest absolute Gasteiger partial charge is 0.403 e. The van der Waals surface area contributed by atoms with Crippen molar-refractivity contribution >= 4 is 56.8 Å². The number of halogens is 1. The fraction of sp³-hybridized carbons (Fsp3) is 0.477. The molecule has 0 bridgehead atoms. The Bertz CT molecular complexity index is 2490. The fourth-order valence-electron chi connectivity index (χ4n) is 9.51. The SMILES string of the molecule is CN(C)C(=O)c1cc2c(C3CCN(CCC4CN(c5ccc6c(c5)n(C)c(=O)n6C5CCC(=O)NC5=O)C4)CC3)cc(C3=CCCN(C(=O)CCN(N)/C=C\N)C3)c(F)c2[nH]1. The summed E-state index contributed by atoms with van der Waals surface area (Å²) in [5.41, 5.74) is 10.5. The molecule has 16 nitrogen and oxygen atoms in total. The van der Waals surface area contributed by atoms with E-state index in [0.29, 0.717) is 54.1 Å².